The molecule has 0 saturated heterocycles. The minimum atomic E-state index is 1.10. The lowest BCUT2D eigenvalue weighted by molar-refractivity contribution is 0.517. The molecule has 0 fully saturated rings. The third-order valence-corrected chi connectivity index (χ3v) is 9.66. The van der Waals surface area contributed by atoms with Crippen LogP contribution in [0.25, 0.3) is 0 Å². The van der Waals surface area contributed by atoms with Gasteiger partial charge in [-0.2, -0.15) is 0 Å². The van der Waals surface area contributed by atoms with Gasteiger partial charge in [-0.05, 0) is 37.7 Å². The lowest BCUT2D eigenvalue weighted by Crippen LogP contribution is -2.03. The van der Waals surface area contributed by atoms with Crippen molar-refractivity contribution in [1.29, 1.82) is 0 Å². The van der Waals surface area contributed by atoms with Crippen LogP contribution in [-0.4, -0.2) is 9.55 Å². The molecule has 0 bridgehead atoms. The van der Waals surface area contributed by atoms with Gasteiger partial charge in [0.05, 0.1) is 5.69 Å². The van der Waals surface area contributed by atoms with Crippen LogP contribution in [0.5, 0.6) is 0 Å². The maximum atomic E-state index is 5.18. The number of nitrogens with zero attached hydrogens (tertiary/aromatic N) is 2. The molecule has 44 heavy (non-hydrogen) atoms. The fraction of sp³-hybridized carbons (Fsp3) is 0.786. The lowest BCUT2D eigenvalue weighted by atomic mass is 10.0. The molecule has 1 aromatic heterocycles. The van der Waals surface area contributed by atoms with E-state index in [0.29, 0.717) is 0 Å². The van der Waals surface area contributed by atoms with Gasteiger partial charge in [0.2, 0.25) is 0 Å². The van der Waals surface area contributed by atoms with Crippen molar-refractivity contribution in [1.82, 2.24) is 9.55 Å². The average Bonchev–Trinajstić information content (AvgIpc) is 3.43. The van der Waals surface area contributed by atoms with Gasteiger partial charge >= 0.3 is 0 Å². The third-order valence-electron chi connectivity index (χ3n) is 9.66. The Labute approximate surface area is 275 Å². The summed E-state index contributed by atoms with van der Waals surface area (Å²) in [5, 5.41) is 0. The number of benzene rings is 1. The van der Waals surface area contributed by atoms with Crippen LogP contribution in [0.1, 0.15) is 204 Å². The third kappa shape index (κ3) is 21.2. The van der Waals surface area contributed by atoms with Crippen molar-refractivity contribution in [2.75, 3.05) is 0 Å². The summed E-state index contributed by atoms with van der Waals surface area (Å²) in [7, 11) is 0. The molecule has 1 aromatic carbocycles. The van der Waals surface area contributed by atoms with E-state index in [4.69, 9.17) is 4.98 Å². The first-order chi connectivity index (χ1) is 21.8. The zero-order valence-corrected chi connectivity index (χ0v) is 29.8. The zero-order valence-electron chi connectivity index (χ0n) is 29.8. The van der Waals surface area contributed by atoms with Gasteiger partial charge in [0.15, 0.2) is 0 Å². The largest absolute Gasteiger partial charge is 0.335 e. The summed E-state index contributed by atoms with van der Waals surface area (Å²) >= 11 is 0. The predicted molar refractivity (Wildman–Crippen MR) is 196 cm³/mol. The van der Waals surface area contributed by atoms with Gasteiger partial charge in [-0.3, -0.25) is 0 Å². The molecule has 0 spiro atoms. The summed E-state index contributed by atoms with van der Waals surface area (Å²) in [5.41, 5.74) is 2.77. The minimum absolute atomic E-state index is 1.10. The van der Waals surface area contributed by atoms with Crippen molar-refractivity contribution in [3.05, 3.63) is 53.6 Å². The Morgan fingerprint density at radius 1 is 0.432 bits per heavy atom. The summed E-state index contributed by atoms with van der Waals surface area (Å²) in [6, 6.07) is 10.9. The summed E-state index contributed by atoms with van der Waals surface area (Å²) < 4.78 is 2.54. The normalized spacial score (nSPS) is 11.5. The topological polar surface area (TPSA) is 17.8 Å². The lowest BCUT2D eigenvalue weighted by Gasteiger charge is -2.08. The molecule has 0 saturated carbocycles. The summed E-state index contributed by atoms with van der Waals surface area (Å²) in [4.78, 5) is 5.18. The first-order valence-electron chi connectivity index (χ1n) is 19.9. The quantitative estimate of drug-likeness (QED) is 0.0757. The molecule has 0 radical (unpaired) electrons. The van der Waals surface area contributed by atoms with Crippen LogP contribution >= 0.6 is 0 Å². The minimum Gasteiger partial charge on any atom is -0.335 e. The van der Waals surface area contributed by atoms with E-state index in [1.54, 1.807) is 0 Å². The molecular formula is C42H74N2. The van der Waals surface area contributed by atoms with Crippen molar-refractivity contribution in [2.45, 2.75) is 213 Å². The molecule has 252 valence electrons. The fourth-order valence-electron chi connectivity index (χ4n) is 6.75. The molecule has 0 atom stereocenters. The van der Waals surface area contributed by atoms with E-state index < -0.39 is 0 Å². The molecule has 0 amide bonds. The van der Waals surface area contributed by atoms with E-state index >= 15 is 0 Å². The van der Waals surface area contributed by atoms with Crippen LogP contribution in [0.3, 0.4) is 0 Å². The van der Waals surface area contributed by atoms with Crippen molar-refractivity contribution >= 4 is 0 Å². The Morgan fingerprint density at radius 2 is 0.864 bits per heavy atom. The first-order valence-corrected chi connectivity index (χ1v) is 19.9. The molecule has 0 aliphatic heterocycles. The predicted octanol–water partition coefficient (Wildman–Crippen LogP) is 13.8. The summed E-state index contributed by atoms with van der Waals surface area (Å²) in [6.45, 7) is 5.78. The molecule has 2 aromatic rings. The monoisotopic (exact) mass is 607 g/mol. The Bertz CT molecular complexity index is 854. The molecule has 0 aliphatic carbocycles. The Morgan fingerprint density at radius 3 is 1.34 bits per heavy atom. The van der Waals surface area contributed by atoms with Crippen LogP contribution < -0.4 is 0 Å². The molecule has 0 N–H and O–H groups in total. The van der Waals surface area contributed by atoms with E-state index in [-0.39, 0.29) is 0 Å². The maximum Gasteiger partial charge on any atom is 0.108 e. The van der Waals surface area contributed by atoms with Gasteiger partial charge in [0, 0.05) is 19.2 Å². The van der Waals surface area contributed by atoms with E-state index in [1.165, 1.54) is 190 Å². The second kappa shape index (κ2) is 28.9. The van der Waals surface area contributed by atoms with Gasteiger partial charge in [-0.15, -0.1) is 0 Å². The first kappa shape index (κ1) is 38.6. The van der Waals surface area contributed by atoms with Crippen LogP contribution in [0.4, 0.5) is 0 Å². The van der Waals surface area contributed by atoms with Gasteiger partial charge in [0.1, 0.15) is 5.82 Å². The Hall–Kier alpha value is -1.57. The summed E-state index contributed by atoms with van der Waals surface area (Å²) in [6.07, 6.45) is 43.9. The maximum absolute atomic E-state index is 5.18. The SMILES string of the molecule is CCCCCCCCCCCCCCCCCc1nc(CCCc2ccccc2)cn1CCCCCCCCCCCCC. The molecule has 2 heteroatoms. The van der Waals surface area contributed by atoms with Gasteiger partial charge in [-0.25, -0.2) is 4.98 Å². The van der Waals surface area contributed by atoms with Crippen LogP contribution in [0, 0.1) is 0 Å². The Balaban J connectivity index is 1.59. The van der Waals surface area contributed by atoms with E-state index in [0.717, 1.165) is 25.8 Å². The molecule has 0 unspecified atom stereocenters. The van der Waals surface area contributed by atoms with Crippen LogP contribution in [0.2, 0.25) is 0 Å². The highest BCUT2D eigenvalue weighted by molar-refractivity contribution is 5.15. The van der Waals surface area contributed by atoms with Crippen LogP contribution in [-0.2, 0) is 25.8 Å². The van der Waals surface area contributed by atoms with Crippen molar-refractivity contribution in [2.24, 2.45) is 0 Å². The van der Waals surface area contributed by atoms with E-state index in [9.17, 15) is 0 Å². The second-order valence-corrected chi connectivity index (χ2v) is 13.9. The number of rotatable bonds is 32. The number of aromatic nitrogens is 2. The smallest absolute Gasteiger partial charge is 0.108 e. The average molecular weight is 607 g/mol. The highest BCUT2D eigenvalue weighted by atomic mass is 15.1. The molecule has 1 heterocycles. The van der Waals surface area contributed by atoms with Crippen molar-refractivity contribution in [3.8, 4) is 0 Å². The molecule has 2 rings (SSSR count). The van der Waals surface area contributed by atoms with E-state index in [1.807, 2.05) is 0 Å². The number of aryl methyl sites for hydroxylation is 4. The highest BCUT2D eigenvalue weighted by Crippen LogP contribution is 2.17. The molecule has 2 nitrogen and oxygen atoms in total. The number of unbranched alkanes of at least 4 members (excludes halogenated alkanes) is 24. The van der Waals surface area contributed by atoms with Crippen molar-refractivity contribution in [3.63, 3.8) is 0 Å². The zero-order chi connectivity index (χ0) is 31.2. The summed E-state index contributed by atoms with van der Waals surface area (Å²) in [5.74, 6) is 1.36. The van der Waals surface area contributed by atoms with Gasteiger partial charge in [-0.1, -0.05) is 198 Å². The van der Waals surface area contributed by atoms with Gasteiger partial charge < -0.3 is 4.57 Å². The standard InChI is InChI=1S/C42H74N2/c1-3-5-7-9-11-13-15-16-17-18-19-21-23-25-30-37-42-43-41(36-32-35-40-33-28-27-29-34-40)39-44(42)38-31-26-24-22-20-14-12-10-8-6-4-2/h27-29,33-34,39H,3-26,30-32,35-38H2,1-2H3. The molecular weight excluding hydrogens is 532 g/mol. The van der Waals surface area contributed by atoms with E-state index in [2.05, 4.69) is 54.9 Å². The fourth-order valence-corrected chi connectivity index (χ4v) is 6.75. The molecule has 0 aliphatic rings. The number of imidazole rings is 1. The Kier molecular flexibility index (Phi) is 25.3. The van der Waals surface area contributed by atoms with Crippen LogP contribution in [0.15, 0.2) is 36.5 Å². The number of hydrogen-bond acceptors (Lipinski definition) is 1. The number of hydrogen-bond donors (Lipinski definition) is 0. The van der Waals surface area contributed by atoms with Gasteiger partial charge in [0.25, 0.3) is 0 Å². The van der Waals surface area contributed by atoms with Crippen molar-refractivity contribution < 1.29 is 0 Å². The highest BCUT2D eigenvalue weighted by Gasteiger charge is 2.09. The second-order valence-electron chi connectivity index (χ2n) is 13.9.